The minimum absolute atomic E-state index is 0. The summed E-state index contributed by atoms with van der Waals surface area (Å²) in [6.07, 6.45) is 0. The van der Waals surface area contributed by atoms with Crippen molar-refractivity contribution in [1.82, 2.24) is 0 Å². The van der Waals surface area contributed by atoms with Crippen LogP contribution >= 0.6 is 0 Å². The Morgan fingerprint density at radius 2 is 1.75 bits per heavy atom. The Morgan fingerprint density at radius 1 is 1.10 bits per heavy atom. The zero-order valence-corrected chi connectivity index (χ0v) is 14.0. The van der Waals surface area contributed by atoms with Crippen LogP contribution in [-0.2, 0) is 11.3 Å². The SMILES string of the molecule is Cc1cc(C)c(C(=O)OCc2ccccc2)[nH+]c1C.[I-]. The second-order valence-electron chi connectivity index (χ2n) is 4.70. The van der Waals surface area contributed by atoms with Gasteiger partial charge in [-0.1, -0.05) is 30.3 Å². The molecule has 0 spiro atoms. The molecule has 0 radical (unpaired) electrons. The van der Waals surface area contributed by atoms with Gasteiger partial charge in [0, 0.05) is 18.1 Å². The minimum Gasteiger partial charge on any atom is -1.00 e. The van der Waals surface area contributed by atoms with Crippen molar-refractivity contribution in [3.05, 3.63) is 64.5 Å². The maximum Gasteiger partial charge on any atom is 0.404 e. The van der Waals surface area contributed by atoms with E-state index < -0.39 is 0 Å². The molecular weight excluding hydrogens is 365 g/mol. The van der Waals surface area contributed by atoms with Gasteiger partial charge in [0.05, 0.1) is 0 Å². The number of hydrogen-bond donors (Lipinski definition) is 0. The summed E-state index contributed by atoms with van der Waals surface area (Å²) < 4.78 is 5.32. The Morgan fingerprint density at radius 3 is 2.40 bits per heavy atom. The van der Waals surface area contributed by atoms with Crippen LogP contribution in [0.1, 0.15) is 32.9 Å². The van der Waals surface area contributed by atoms with Crippen molar-refractivity contribution in [3.8, 4) is 0 Å². The topological polar surface area (TPSA) is 40.4 Å². The average molecular weight is 383 g/mol. The number of rotatable bonds is 3. The third kappa shape index (κ3) is 4.03. The number of esters is 1. The molecule has 1 heterocycles. The molecule has 106 valence electrons. The van der Waals surface area contributed by atoms with E-state index in [0.717, 1.165) is 22.4 Å². The fourth-order valence-corrected chi connectivity index (χ4v) is 1.90. The molecule has 4 heteroatoms. The Kier molecular flexibility index (Phi) is 6.13. The van der Waals surface area contributed by atoms with Crippen LogP contribution in [0.25, 0.3) is 0 Å². The van der Waals surface area contributed by atoms with Gasteiger partial charge in [-0.25, -0.2) is 9.78 Å². The number of carbonyl (C=O) groups is 1. The van der Waals surface area contributed by atoms with Gasteiger partial charge in [-0.3, -0.25) is 0 Å². The summed E-state index contributed by atoms with van der Waals surface area (Å²) in [5, 5.41) is 0. The molecule has 0 saturated heterocycles. The molecule has 0 amide bonds. The summed E-state index contributed by atoms with van der Waals surface area (Å²) in [6.45, 7) is 6.16. The summed E-state index contributed by atoms with van der Waals surface area (Å²) in [4.78, 5) is 15.2. The Labute approximate surface area is 136 Å². The van der Waals surface area contributed by atoms with E-state index in [4.69, 9.17) is 4.74 Å². The summed E-state index contributed by atoms with van der Waals surface area (Å²) in [5.74, 6) is -0.315. The van der Waals surface area contributed by atoms with Crippen LogP contribution in [0.5, 0.6) is 0 Å². The fourth-order valence-electron chi connectivity index (χ4n) is 1.90. The van der Waals surface area contributed by atoms with E-state index in [0.29, 0.717) is 12.3 Å². The van der Waals surface area contributed by atoms with E-state index >= 15 is 0 Å². The van der Waals surface area contributed by atoms with Crippen LogP contribution < -0.4 is 29.0 Å². The van der Waals surface area contributed by atoms with Crippen LogP contribution in [0.4, 0.5) is 0 Å². The van der Waals surface area contributed by atoms with Crippen molar-refractivity contribution < 1.29 is 38.5 Å². The van der Waals surface area contributed by atoms with Crippen molar-refractivity contribution >= 4 is 5.97 Å². The predicted octanol–water partition coefficient (Wildman–Crippen LogP) is -0.213. The molecule has 1 N–H and O–H groups in total. The number of aryl methyl sites for hydroxylation is 3. The maximum absolute atomic E-state index is 12.0. The van der Waals surface area contributed by atoms with Gasteiger partial charge in [-0.15, -0.1) is 0 Å². The fraction of sp³-hybridized carbons (Fsp3) is 0.250. The summed E-state index contributed by atoms with van der Waals surface area (Å²) in [7, 11) is 0. The molecule has 3 nitrogen and oxygen atoms in total. The van der Waals surface area contributed by atoms with E-state index in [1.807, 2.05) is 57.2 Å². The second kappa shape index (κ2) is 7.38. The van der Waals surface area contributed by atoms with E-state index in [-0.39, 0.29) is 29.9 Å². The lowest BCUT2D eigenvalue weighted by molar-refractivity contribution is -0.394. The summed E-state index contributed by atoms with van der Waals surface area (Å²) >= 11 is 0. The second-order valence-corrected chi connectivity index (χ2v) is 4.70. The smallest absolute Gasteiger partial charge is 0.404 e. The number of halogens is 1. The molecular formula is C16H18INO2. The molecule has 0 fully saturated rings. The first-order valence-electron chi connectivity index (χ1n) is 6.29. The van der Waals surface area contributed by atoms with Gasteiger partial charge in [0.25, 0.3) is 5.69 Å². The Hall–Kier alpha value is -1.43. The van der Waals surface area contributed by atoms with Gasteiger partial charge < -0.3 is 28.7 Å². The largest absolute Gasteiger partial charge is 1.00 e. The molecule has 0 unspecified atom stereocenters. The number of carbonyl (C=O) groups excluding carboxylic acids is 1. The zero-order chi connectivity index (χ0) is 13.8. The van der Waals surface area contributed by atoms with Crippen molar-refractivity contribution in [2.75, 3.05) is 0 Å². The highest BCUT2D eigenvalue weighted by Crippen LogP contribution is 2.10. The normalized spacial score (nSPS) is 9.75. The lowest BCUT2D eigenvalue weighted by Gasteiger charge is -2.04. The molecule has 2 rings (SSSR count). The van der Waals surface area contributed by atoms with E-state index in [1.165, 1.54) is 0 Å². The first-order chi connectivity index (χ1) is 9.08. The molecule has 0 aliphatic carbocycles. The van der Waals surface area contributed by atoms with Crippen LogP contribution in [0.15, 0.2) is 36.4 Å². The monoisotopic (exact) mass is 383 g/mol. The molecule has 20 heavy (non-hydrogen) atoms. The molecule has 0 saturated carbocycles. The highest BCUT2D eigenvalue weighted by molar-refractivity contribution is 5.87. The molecule has 1 aromatic carbocycles. The van der Waals surface area contributed by atoms with Crippen LogP contribution in [0.3, 0.4) is 0 Å². The lowest BCUT2D eigenvalue weighted by atomic mass is 10.1. The number of nitrogens with one attached hydrogen (secondary N) is 1. The van der Waals surface area contributed by atoms with E-state index in [2.05, 4.69) is 4.98 Å². The number of aromatic amines is 1. The standard InChI is InChI=1S/C16H17NO2.HI/c1-11-9-12(2)15(17-13(11)3)16(18)19-10-14-7-5-4-6-8-14;/h4-9H,10H2,1-3H3;1H. The number of ether oxygens (including phenoxy) is 1. The molecule has 0 aliphatic heterocycles. The van der Waals surface area contributed by atoms with Gasteiger partial charge in [-0.05, 0) is 25.5 Å². The number of aromatic nitrogens is 1. The zero-order valence-electron chi connectivity index (χ0n) is 11.9. The number of pyridine rings is 1. The summed E-state index contributed by atoms with van der Waals surface area (Å²) in [5.41, 5.74) is 4.53. The van der Waals surface area contributed by atoms with Gasteiger partial charge in [0.1, 0.15) is 6.61 Å². The van der Waals surface area contributed by atoms with Crippen molar-refractivity contribution in [1.29, 1.82) is 0 Å². The molecule has 1 aromatic heterocycles. The third-order valence-corrected chi connectivity index (χ3v) is 3.15. The number of benzene rings is 1. The predicted molar refractivity (Wildman–Crippen MR) is 72.8 cm³/mol. The van der Waals surface area contributed by atoms with Crippen molar-refractivity contribution in [2.24, 2.45) is 0 Å². The summed E-state index contributed by atoms with van der Waals surface area (Å²) in [6, 6.07) is 11.7. The average Bonchev–Trinajstić information content (AvgIpc) is 2.41. The van der Waals surface area contributed by atoms with Gasteiger partial charge in [0.2, 0.25) is 0 Å². The van der Waals surface area contributed by atoms with Crippen LogP contribution in [0.2, 0.25) is 0 Å². The first-order valence-corrected chi connectivity index (χ1v) is 6.29. The molecule has 2 aromatic rings. The highest BCUT2D eigenvalue weighted by atomic mass is 127. The Bertz CT molecular complexity index is 597. The molecule has 0 bridgehead atoms. The van der Waals surface area contributed by atoms with Crippen molar-refractivity contribution in [3.63, 3.8) is 0 Å². The lowest BCUT2D eigenvalue weighted by Crippen LogP contribution is -3.00. The first kappa shape index (κ1) is 16.6. The molecule has 0 aliphatic rings. The van der Waals surface area contributed by atoms with Crippen LogP contribution in [-0.4, -0.2) is 5.97 Å². The van der Waals surface area contributed by atoms with Crippen molar-refractivity contribution in [2.45, 2.75) is 27.4 Å². The van der Waals surface area contributed by atoms with Gasteiger partial charge in [-0.2, -0.15) is 0 Å². The minimum atomic E-state index is -0.315. The quantitative estimate of drug-likeness (QED) is 0.544. The Balaban J connectivity index is 0.00000200. The van der Waals surface area contributed by atoms with Crippen LogP contribution in [0, 0.1) is 20.8 Å². The molecule has 0 atom stereocenters. The van der Waals surface area contributed by atoms with Gasteiger partial charge in [0.15, 0.2) is 5.69 Å². The number of H-pyrrole nitrogens is 1. The number of hydrogen-bond acceptors (Lipinski definition) is 2. The van der Waals surface area contributed by atoms with Gasteiger partial charge >= 0.3 is 5.97 Å². The van der Waals surface area contributed by atoms with E-state index in [1.54, 1.807) is 0 Å². The highest BCUT2D eigenvalue weighted by Gasteiger charge is 2.20. The van der Waals surface area contributed by atoms with E-state index in [9.17, 15) is 4.79 Å². The third-order valence-electron chi connectivity index (χ3n) is 3.15. The maximum atomic E-state index is 12.0.